The van der Waals surface area contributed by atoms with E-state index >= 15 is 0 Å². The van der Waals surface area contributed by atoms with E-state index in [1.807, 2.05) is 23.9 Å². The van der Waals surface area contributed by atoms with Crippen molar-refractivity contribution in [1.82, 2.24) is 4.98 Å². The Morgan fingerprint density at radius 1 is 1.47 bits per heavy atom. The largest absolute Gasteiger partial charge is 0.245 e. The standard InChI is InChI=1S/C12H16N2S/c1-9(2)10(3)15-8-11-5-4-6-14-12(11)7-13/h4-6,9-10H,8H2,1-3H3. The van der Waals surface area contributed by atoms with E-state index in [1.54, 1.807) is 6.20 Å². The van der Waals surface area contributed by atoms with Gasteiger partial charge in [-0.1, -0.05) is 26.8 Å². The van der Waals surface area contributed by atoms with Crippen molar-refractivity contribution in [3.8, 4) is 6.07 Å². The molecular formula is C12H16N2S. The third-order valence-electron chi connectivity index (χ3n) is 2.44. The average Bonchev–Trinajstić information content (AvgIpc) is 2.26. The highest BCUT2D eigenvalue weighted by molar-refractivity contribution is 7.99. The van der Waals surface area contributed by atoms with E-state index in [1.165, 1.54) is 0 Å². The molecule has 0 spiro atoms. The minimum absolute atomic E-state index is 0.556. The molecule has 15 heavy (non-hydrogen) atoms. The highest BCUT2D eigenvalue weighted by atomic mass is 32.2. The van der Waals surface area contributed by atoms with Crippen LogP contribution in [0.3, 0.4) is 0 Å². The molecule has 1 heterocycles. The average molecular weight is 220 g/mol. The maximum atomic E-state index is 8.87. The van der Waals surface area contributed by atoms with Crippen molar-refractivity contribution in [2.75, 3.05) is 0 Å². The fraction of sp³-hybridized carbons (Fsp3) is 0.500. The van der Waals surface area contributed by atoms with E-state index in [-0.39, 0.29) is 0 Å². The van der Waals surface area contributed by atoms with Crippen molar-refractivity contribution in [1.29, 1.82) is 5.26 Å². The smallest absolute Gasteiger partial charge is 0.144 e. The fourth-order valence-corrected chi connectivity index (χ4v) is 2.13. The molecule has 1 aromatic rings. The van der Waals surface area contributed by atoms with Gasteiger partial charge in [0.15, 0.2) is 0 Å². The summed E-state index contributed by atoms with van der Waals surface area (Å²) < 4.78 is 0. The molecule has 3 heteroatoms. The van der Waals surface area contributed by atoms with Crippen molar-refractivity contribution >= 4 is 11.8 Å². The van der Waals surface area contributed by atoms with Crippen molar-refractivity contribution in [2.24, 2.45) is 5.92 Å². The maximum Gasteiger partial charge on any atom is 0.144 e. The lowest BCUT2D eigenvalue weighted by molar-refractivity contribution is 0.642. The van der Waals surface area contributed by atoms with Crippen molar-refractivity contribution in [3.63, 3.8) is 0 Å². The second kappa shape index (κ2) is 5.77. The summed E-state index contributed by atoms with van der Waals surface area (Å²) in [5.74, 6) is 1.54. The summed E-state index contributed by atoms with van der Waals surface area (Å²) >= 11 is 1.88. The summed E-state index contributed by atoms with van der Waals surface area (Å²) in [6, 6.07) is 5.99. The third-order valence-corrected chi connectivity index (χ3v) is 3.99. The lowest BCUT2D eigenvalue weighted by Crippen LogP contribution is -2.06. The quantitative estimate of drug-likeness (QED) is 0.781. The van der Waals surface area contributed by atoms with Crippen LogP contribution in [0.1, 0.15) is 32.0 Å². The summed E-state index contributed by atoms with van der Waals surface area (Å²) in [7, 11) is 0. The van der Waals surface area contributed by atoms with E-state index in [2.05, 4.69) is 31.8 Å². The molecule has 80 valence electrons. The number of hydrogen-bond donors (Lipinski definition) is 0. The first kappa shape index (κ1) is 12.1. The molecule has 1 unspecified atom stereocenters. The molecule has 1 atom stereocenters. The Bertz CT molecular complexity index is 355. The third kappa shape index (κ3) is 3.56. The number of rotatable bonds is 4. The molecule has 0 saturated heterocycles. The minimum Gasteiger partial charge on any atom is -0.245 e. The fourth-order valence-electron chi connectivity index (χ4n) is 1.07. The van der Waals surface area contributed by atoms with Gasteiger partial charge < -0.3 is 0 Å². The van der Waals surface area contributed by atoms with E-state index < -0.39 is 0 Å². The van der Waals surface area contributed by atoms with Crippen molar-refractivity contribution < 1.29 is 0 Å². The van der Waals surface area contributed by atoms with Crippen LogP contribution in [0.2, 0.25) is 0 Å². The molecular weight excluding hydrogens is 204 g/mol. The van der Waals surface area contributed by atoms with E-state index in [0.29, 0.717) is 16.9 Å². The van der Waals surface area contributed by atoms with Gasteiger partial charge in [-0.15, -0.1) is 0 Å². The first-order valence-electron chi connectivity index (χ1n) is 5.10. The molecule has 0 aliphatic carbocycles. The van der Waals surface area contributed by atoms with Crippen LogP contribution >= 0.6 is 11.8 Å². The maximum absolute atomic E-state index is 8.87. The monoisotopic (exact) mass is 220 g/mol. The molecule has 0 saturated carbocycles. The molecule has 0 aliphatic rings. The molecule has 1 aromatic heterocycles. The van der Waals surface area contributed by atoms with Crippen molar-refractivity contribution in [3.05, 3.63) is 29.6 Å². The van der Waals surface area contributed by atoms with Gasteiger partial charge in [-0.3, -0.25) is 0 Å². The minimum atomic E-state index is 0.556. The predicted octanol–water partition coefficient (Wildman–Crippen LogP) is 3.23. The zero-order valence-corrected chi connectivity index (χ0v) is 10.2. The summed E-state index contributed by atoms with van der Waals surface area (Å²) in [6.45, 7) is 6.65. The van der Waals surface area contributed by atoms with Gasteiger partial charge in [0.05, 0.1) is 0 Å². The molecule has 0 bridgehead atoms. The number of hydrogen-bond acceptors (Lipinski definition) is 3. The molecule has 0 amide bonds. The molecule has 1 rings (SSSR count). The predicted molar refractivity (Wildman–Crippen MR) is 64.5 cm³/mol. The Balaban J connectivity index is 2.62. The topological polar surface area (TPSA) is 36.7 Å². The normalized spacial score (nSPS) is 12.5. The van der Waals surface area contributed by atoms with Crippen LogP contribution in [0, 0.1) is 17.2 Å². The van der Waals surface area contributed by atoms with Crippen molar-refractivity contribution in [2.45, 2.75) is 31.8 Å². The molecule has 0 aromatic carbocycles. The van der Waals surface area contributed by atoms with Crippen LogP contribution in [-0.4, -0.2) is 10.2 Å². The SMILES string of the molecule is CC(C)C(C)SCc1cccnc1C#N. The summed E-state index contributed by atoms with van der Waals surface area (Å²) in [5.41, 5.74) is 1.60. The van der Waals surface area contributed by atoms with E-state index in [0.717, 1.165) is 11.3 Å². The van der Waals surface area contributed by atoms with Gasteiger partial charge in [0.1, 0.15) is 11.8 Å². The van der Waals surface area contributed by atoms with Crippen LogP contribution in [0.5, 0.6) is 0 Å². The van der Waals surface area contributed by atoms with E-state index in [9.17, 15) is 0 Å². The number of nitriles is 1. The number of aromatic nitrogens is 1. The molecule has 0 radical (unpaired) electrons. The number of thioether (sulfide) groups is 1. The second-order valence-corrected chi connectivity index (χ2v) is 5.25. The molecule has 0 fully saturated rings. The van der Waals surface area contributed by atoms with Crippen LogP contribution < -0.4 is 0 Å². The van der Waals surface area contributed by atoms with Gasteiger partial charge in [-0.25, -0.2) is 4.98 Å². The molecule has 0 aliphatic heterocycles. The van der Waals surface area contributed by atoms with Crippen LogP contribution in [-0.2, 0) is 5.75 Å². The van der Waals surface area contributed by atoms with Gasteiger partial charge in [0, 0.05) is 17.2 Å². The first-order chi connectivity index (χ1) is 7.15. The number of pyridine rings is 1. The highest BCUT2D eigenvalue weighted by Gasteiger charge is 2.09. The Labute approximate surface area is 95.7 Å². The van der Waals surface area contributed by atoms with Gasteiger partial charge in [-0.2, -0.15) is 17.0 Å². The summed E-state index contributed by atoms with van der Waals surface area (Å²) in [6.07, 6.45) is 1.67. The van der Waals surface area contributed by atoms with Gasteiger partial charge in [0.25, 0.3) is 0 Å². The zero-order valence-electron chi connectivity index (χ0n) is 9.40. The molecule has 2 nitrogen and oxygen atoms in total. The van der Waals surface area contributed by atoms with Crippen LogP contribution in [0.25, 0.3) is 0 Å². The Hall–Kier alpha value is -1.01. The molecule has 0 N–H and O–H groups in total. The Kier molecular flexibility index (Phi) is 4.64. The summed E-state index contributed by atoms with van der Waals surface area (Å²) in [5, 5.41) is 9.48. The van der Waals surface area contributed by atoms with E-state index in [4.69, 9.17) is 5.26 Å². The van der Waals surface area contributed by atoms with Crippen LogP contribution in [0.15, 0.2) is 18.3 Å². The first-order valence-corrected chi connectivity index (χ1v) is 6.15. The van der Waals surface area contributed by atoms with Gasteiger partial charge in [-0.05, 0) is 17.5 Å². The Morgan fingerprint density at radius 3 is 2.80 bits per heavy atom. The highest BCUT2D eigenvalue weighted by Crippen LogP contribution is 2.23. The lowest BCUT2D eigenvalue weighted by atomic mass is 10.2. The summed E-state index contributed by atoms with van der Waals surface area (Å²) in [4.78, 5) is 4.05. The van der Waals surface area contributed by atoms with Gasteiger partial charge >= 0.3 is 0 Å². The lowest BCUT2D eigenvalue weighted by Gasteiger charge is -2.14. The number of nitrogens with zero attached hydrogens (tertiary/aromatic N) is 2. The van der Waals surface area contributed by atoms with Crippen LogP contribution in [0.4, 0.5) is 0 Å². The van der Waals surface area contributed by atoms with Gasteiger partial charge in [0.2, 0.25) is 0 Å². The zero-order chi connectivity index (χ0) is 11.3. The second-order valence-electron chi connectivity index (χ2n) is 3.88. The Morgan fingerprint density at radius 2 is 2.20 bits per heavy atom.